The fraction of sp³-hybridized carbons (Fsp3) is 0.875. The Kier molecular flexibility index (Phi) is 1.71. The van der Waals surface area contributed by atoms with E-state index < -0.39 is 11.6 Å². The standard InChI is InChI=1S/C8H13NO3/c10-7-6-3-1-2-4-9(6)5-8(7,11)12/h6,11-12H,1-5H2. The van der Waals surface area contributed by atoms with Gasteiger partial charge >= 0.3 is 0 Å². The smallest absolute Gasteiger partial charge is 0.238 e. The molecule has 4 nitrogen and oxygen atoms in total. The normalized spacial score (nSPS) is 35.2. The predicted octanol–water partition coefficient (Wildman–Crippen LogP) is -0.895. The summed E-state index contributed by atoms with van der Waals surface area (Å²) in [6, 6.07) is -0.228. The lowest BCUT2D eigenvalue weighted by molar-refractivity contribution is -0.172. The van der Waals surface area contributed by atoms with Crippen molar-refractivity contribution in [3.8, 4) is 0 Å². The lowest BCUT2D eigenvalue weighted by Gasteiger charge is -2.26. The Morgan fingerprint density at radius 1 is 1.42 bits per heavy atom. The Morgan fingerprint density at radius 2 is 2.17 bits per heavy atom. The lowest BCUT2D eigenvalue weighted by atomic mass is 10.0. The van der Waals surface area contributed by atoms with Crippen LogP contribution in [0.5, 0.6) is 0 Å². The van der Waals surface area contributed by atoms with Crippen LogP contribution in [-0.2, 0) is 4.79 Å². The van der Waals surface area contributed by atoms with Crippen molar-refractivity contribution < 1.29 is 15.0 Å². The second-order valence-corrected chi connectivity index (χ2v) is 3.66. The number of nitrogens with zero attached hydrogens (tertiary/aromatic N) is 1. The van der Waals surface area contributed by atoms with E-state index in [-0.39, 0.29) is 12.6 Å². The maximum atomic E-state index is 11.3. The molecule has 0 radical (unpaired) electrons. The highest BCUT2D eigenvalue weighted by Gasteiger charge is 2.50. The first kappa shape index (κ1) is 8.16. The van der Waals surface area contributed by atoms with Crippen LogP contribution in [0, 0.1) is 0 Å². The fourth-order valence-electron chi connectivity index (χ4n) is 2.11. The van der Waals surface area contributed by atoms with E-state index in [0.29, 0.717) is 0 Å². The number of hydrogen-bond acceptors (Lipinski definition) is 4. The number of Topliss-reactive ketones (excluding diaryl/α,β-unsaturated/α-hetero) is 1. The van der Waals surface area contributed by atoms with Gasteiger partial charge in [0.15, 0.2) is 0 Å². The average Bonchev–Trinajstić information content (AvgIpc) is 2.24. The van der Waals surface area contributed by atoms with E-state index in [0.717, 1.165) is 25.8 Å². The summed E-state index contributed by atoms with van der Waals surface area (Å²) in [5.41, 5.74) is 0. The molecule has 1 unspecified atom stereocenters. The van der Waals surface area contributed by atoms with Gasteiger partial charge in [-0.1, -0.05) is 6.42 Å². The quantitative estimate of drug-likeness (QED) is 0.464. The van der Waals surface area contributed by atoms with Crippen molar-refractivity contribution in [2.24, 2.45) is 0 Å². The molecule has 0 aromatic heterocycles. The van der Waals surface area contributed by atoms with E-state index in [1.54, 1.807) is 0 Å². The number of ketones is 1. The Balaban J connectivity index is 2.19. The summed E-state index contributed by atoms with van der Waals surface area (Å²) in [5.74, 6) is -2.49. The van der Waals surface area contributed by atoms with Gasteiger partial charge in [-0.15, -0.1) is 0 Å². The molecule has 2 heterocycles. The number of fused-ring (bicyclic) bond motifs is 1. The van der Waals surface area contributed by atoms with Crippen molar-refractivity contribution >= 4 is 5.78 Å². The number of carbonyl (C=O) groups excluding carboxylic acids is 1. The van der Waals surface area contributed by atoms with Crippen molar-refractivity contribution in [2.75, 3.05) is 13.1 Å². The molecule has 0 aromatic carbocycles. The summed E-state index contributed by atoms with van der Waals surface area (Å²) in [6.07, 6.45) is 2.85. The van der Waals surface area contributed by atoms with E-state index in [9.17, 15) is 15.0 Å². The number of aliphatic hydroxyl groups is 2. The van der Waals surface area contributed by atoms with Crippen LogP contribution in [0.15, 0.2) is 0 Å². The molecule has 2 aliphatic heterocycles. The van der Waals surface area contributed by atoms with E-state index in [1.807, 2.05) is 4.90 Å². The molecule has 68 valence electrons. The molecule has 2 rings (SSSR count). The van der Waals surface area contributed by atoms with Gasteiger partial charge in [-0.3, -0.25) is 9.69 Å². The Hall–Kier alpha value is -0.450. The number of piperidine rings is 1. The largest absolute Gasteiger partial charge is 0.359 e. The van der Waals surface area contributed by atoms with Gasteiger partial charge in [-0.2, -0.15) is 0 Å². The van der Waals surface area contributed by atoms with Crippen LogP contribution in [0.2, 0.25) is 0 Å². The third-order valence-electron chi connectivity index (χ3n) is 2.73. The van der Waals surface area contributed by atoms with Gasteiger partial charge in [-0.05, 0) is 19.4 Å². The zero-order valence-corrected chi connectivity index (χ0v) is 6.86. The summed E-state index contributed by atoms with van der Waals surface area (Å²) < 4.78 is 0. The summed E-state index contributed by atoms with van der Waals surface area (Å²) in [6.45, 7) is 0.912. The highest BCUT2D eigenvalue weighted by Crippen LogP contribution is 2.28. The molecule has 0 aromatic rings. The number of hydrogen-bond donors (Lipinski definition) is 2. The summed E-state index contributed by atoms with van der Waals surface area (Å²) in [4.78, 5) is 13.2. The van der Waals surface area contributed by atoms with E-state index in [1.165, 1.54) is 0 Å². The van der Waals surface area contributed by atoms with Crippen molar-refractivity contribution in [1.82, 2.24) is 4.90 Å². The van der Waals surface area contributed by atoms with Crippen molar-refractivity contribution in [3.05, 3.63) is 0 Å². The Bertz CT molecular complexity index is 214. The van der Waals surface area contributed by atoms with Crippen LogP contribution in [0.25, 0.3) is 0 Å². The molecule has 0 saturated carbocycles. The van der Waals surface area contributed by atoms with Crippen LogP contribution in [0.3, 0.4) is 0 Å². The maximum absolute atomic E-state index is 11.3. The van der Waals surface area contributed by atoms with Crippen LogP contribution < -0.4 is 0 Å². The molecule has 1 atom stereocenters. The molecule has 0 amide bonds. The van der Waals surface area contributed by atoms with E-state index in [4.69, 9.17) is 0 Å². The molecule has 0 aliphatic carbocycles. The predicted molar refractivity (Wildman–Crippen MR) is 41.4 cm³/mol. The first-order valence-electron chi connectivity index (χ1n) is 4.34. The van der Waals surface area contributed by atoms with Crippen LogP contribution in [0.1, 0.15) is 19.3 Å². The number of rotatable bonds is 0. The molecule has 0 bridgehead atoms. The highest BCUT2D eigenvalue weighted by atomic mass is 16.5. The van der Waals surface area contributed by atoms with Crippen molar-refractivity contribution in [3.63, 3.8) is 0 Å². The molecular weight excluding hydrogens is 158 g/mol. The van der Waals surface area contributed by atoms with Crippen LogP contribution in [0.4, 0.5) is 0 Å². The molecule has 12 heavy (non-hydrogen) atoms. The topological polar surface area (TPSA) is 60.8 Å². The molecular formula is C8H13NO3. The zero-order chi connectivity index (χ0) is 8.77. The Morgan fingerprint density at radius 3 is 2.83 bits per heavy atom. The summed E-state index contributed by atoms with van der Waals surface area (Å²) in [7, 11) is 0. The van der Waals surface area contributed by atoms with Gasteiger partial charge in [0.25, 0.3) is 0 Å². The minimum Gasteiger partial charge on any atom is -0.359 e. The van der Waals surface area contributed by atoms with E-state index in [2.05, 4.69) is 0 Å². The van der Waals surface area contributed by atoms with Crippen molar-refractivity contribution in [1.29, 1.82) is 0 Å². The Labute approximate surface area is 70.8 Å². The monoisotopic (exact) mass is 171 g/mol. The lowest BCUT2D eigenvalue weighted by Crippen LogP contribution is -2.39. The summed E-state index contributed by atoms with van der Waals surface area (Å²) in [5, 5.41) is 18.5. The third-order valence-corrected chi connectivity index (χ3v) is 2.73. The average molecular weight is 171 g/mol. The zero-order valence-electron chi connectivity index (χ0n) is 6.86. The molecule has 4 heteroatoms. The van der Waals surface area contributed by atoms with Gasteiger partial charge < -0.3 is 10.2 Å². The molecule has 2 saturated heterocycles. The first-order chi connectivity index (χ1) is 5.61. The SMILES string of the molecule is O=C1C2CCCCN2CC1(O)O. The molecule has 2 aliphatic rings. The van der Waals surface area contributed by atoms with Gasteiger partial charge in [0.1, 0.15) is 0 Å². The summed E-state index contributed by atoms with van der Waals surface area (Å²) >= 11 is 0. The highest BCUT2D eigenvalue weighted by molar-refractivity contribution is 5.92. The van der Waals surface area contributed by atoms with E-state index >= 15 is 0 Å². The van der Waals surface area contributed by atoms with Crippen LogP contribution >= 0.6 is 0 Å². The molecule has 0 spiro atoms. The van der Waals surface area contributed by atoms with Crippen molar-refractivity contribution in [2.45, 2.75) is 31.1 Å². The minimum atomic E-state index is -2.07. The third kappa shape index (κ3) is 1.07. The second kappa shape index (κ2) is 2.52. The van der Waals surface area contributed by atoms with Gasteiger partial charge in [0, 0.05) is 0 Å². The first-order valence-corrected chi connectivity index (χ1v) is 4.34. The van der Waals surface area contributed by atoms with Crippen LogP contribution in [-0.4, -0.2) is 45.8 Å². The van der Waals surface area contributed by atoms with Gasteiger partial charge in [0.2, 0.25) is 11.6 Å². The second-order valence-electron chi connectivity index (χ2n) is 3.66. The van der Waals surface area contributed by atoms with Gasteiger partial charge in [0.05, 0.1) is 12.6 Å². The minimum absolute atomic E-state index is 0.0938. The van der Waals surface area contributed by atoms with Gasteiger partial charge in [-0.25, -0.2) is 0 Å². The fourth-order valence-corrected chi connectivity index (χ4v) is 2.11. The molecule has 2 fully saturated rings. The maximum Gasteiger partial charge on any atom is 0.238 e. The number of carbonyl (C=O) groups is 1. The molecule has 2 N–H and O–H groups in total.